The van der Waals surface area contributed by atoms with E-state index < -0.39 is 11.7 Å². The number of halogens is 4. The van der Waals surface area contributed by atoms with Crippen LogP contribution < -0.4 is 5.32 Å². The molecule has 0 saturated carbocycles. The number of hydrogen-bond acceptors (Lipinski definition) is 3. The van der Waals surface area contributed by atoms with E-state index in [0.29, 0.717) is 17.1 Å². The maximum absolute atomic E-state index is 12.7. The highest BCUT2D eigenvalue weighted by Crippen LogP contribution is 2.35. The molecular formula is C21H17ClF3N3. The van der Waals surface area contributed by atoms with Gasteiger partial charge in [-0.15, -0.1) is 0 Å². The van der Waals surface area contributed by atoms with Crippen LogP contribution in [0.15, 0.2) is 48.8 Å². The van der Waals surface area contributed by atoms with Gasteiger partial charge in [0.2, 0.25) is 0 Å². The minimum absolute atomic E-state index is 0.550. The Morgan fingerprint density at radius 2 is 1.61 bits per heavy atom. The van der Waals surface area contributed by atoms with Crippen molar-refractivity contribution in [1.82, 2.24) is 9.97 Å². The van der Waals surface area contributed by atoms with Crippen LogP contribution in [0.25, 0.3) is 11.3 Å². The average Bonchev–Trinajstić information content (AvgIpc) is 2.70. The van der Waals surface area contributed by atoms with E-state index in [0.717, 1.165) is 48.5 Å². The maximum atomic E-state index is 12.7. The summed E-state index contributed by atoms with van der Waals surface area (Å²) in [6, 6.07) is 10.5. The molecule has 0 amide bonds. The van der Waals surface area contributed by atoms with E-state index in [2.05, 4.69) is 15.3 Å². The first-order chi connectivity index (χ1) is 13.4. The highest BCUT2D eigenvalue weighted by atomic mass is 35.5. The molecule has 7 heteroatoms. The van der Waals surface area contributed by atoms with Crippen LogP contribution in [0.5, 0.6) is 0 Å². The Morgan fingerprint density at radius 3 is 2.32 bits per heavy atom. The minimum Gasteiger partial charge on any atom is -0.340 e. The Hall–Kier alpha value is -2.60. The van der Waals surface area contributed by atoms with Gasteiger partial charge in [-0.25, -0.2) is 9.97 Å². The quantitative estimate of drug-likeness (QED) is 0.547. The number of aromatic nitrogens is 2. The second-order valence-electron chi connectivity index (χ2n) is 6.75. The van der Waals surface area contributed by atoms with Crippen molar-refractivity contribution in [1.29, 1.82) is 0 Å². The summed E-state index contributed by atoms with van der Waals surface area (Å²) in [5.74, 6) is 0.583. The van der Waals surface area contributed by atoms with Gasteiger partial charge in [0.25, 0.3) is 0 Å². The molecule has 2 aromatic carbocycles. The number of nitrogens with zero attached hydrogens (tertiary/aromatic N) is 2. The normalized spacial score (nSPS) is 13.9. The van der Waals surface area contributed by atoms with Crippen LogP contribution in [0.3, 0.4) is 0 Å². The molecule has 1 aliphatic rings. The van der Waals surface area contributed by atoms with Gasteiger partial charge in [-0.2, -0.15) is 13.2 Å². The lowest BCUT2D eigenvalue weighted by Crippen LogP contribution is -2.07. The number of nitrogens with one attached hydrogen (secondary N) is 1. The van der Waals surface area contributed by atoms with E-state index in [-0.39, 0.29) is 0 Å². The Kier molecular flexibility index (Phi) is 4.98. The van der Waals surface area contributed by atoms with Gasteiger partial charge in [-0.05, 0) is 61.1 Å². The van der Waals surface area contributed by atoms with Crippen LogP contribution in [-0.4, -0.2) is 9.97 Å². The zero-order valence-electron chi connectivity index (χ0n) is 14.9. The lowest BCUT2D eigenvalue weighted by atomic mass is 9.90. The predicted octanol–water partition coefficient (Wildman–Crippen LogP) is 6.44. The number of hydrogen-bond donors (Lipinski definition) is 1. The summed E-state index contributed by atoms with van der Waals surface area (Å²) in [4.78, 5) is 8.44. The molecule has 1 N–H and O–H groups in total. The SMILES string of the molecule is FC(F)(F)c1ccc(-c2cc(Nc3ccc(Cl)c4c3CCCC4)ncn2)cc1. The molecule has 0 bridgehead atoms. The number of alkyl halides is 3. The molecule has 1 aliphatic carbocycles. The van der Waals surface area contributed by atoms with E-state index in [9.17, 15) is 13.2 Å². The van der Waals surface area contributed by atoms with Crippen LogP contribution >= 0.6 is 11.6 Å². The molecule has 4 rings (SSSR count). The lowest BCUT2D eigenvalue weighted by Gasteiger charge is -2.21. The average molecular weight is 404 g/mol. The maximum Gasteiger partial charge on any atom is 0.416 e. The molecule has 0 radical (unpaired) electrons. The Bertz CT molecular complexity index is 1000. The molecule has 0 fully saturated rings. The Labute approximate surface area is 165 Å². The van der Waals surface area contributed by atoms with Crippen molar-refractivity contribution >= 4 is 23.1 Å². The standard InChI is InChI=1S/C21H17ClF3N3/c22-17-9-10-18(16-4-2-1-3-15(16)17)28-20-11-19(26-12-27-20)13-5-7-14(8-6-13)21(23,24)25/h5-12H,1-4H2,(H,26,27,28). The predicted molar refractivity (Wildman–Crippen MR) is 104 cm³/mol. The van der Waals surface area contributed by atoms with Crippen LogP contribution in [0.4, 0.5) is 24.7 Å². The van der Waals surface area contributed by atoms with Crippen LogP contribution in [0, 0.1) is 0 Å². The van der Waals surface area contributed by atoms with Crippen LogP contribution in [0.2, 0.25) is 5.02 Å². The summed E-state index contributed by atoms with van der Waals surface area (Å²) in [5, 5.41) is 4.10. The van der Waals surface area contributed by atoms with Gasteiger partial charge in [-0.1, -0.05) is 23.7 Å². The molecular weight excluding hydrogens is 387 g/mol. The molecule has 1 heterocycles. The molecule has 3 nitrogen and oxygen atoms in total. The Morgan fingerprint density at radius 1 is 0.893 bits per heavy atom. The van der Waals surface area contributed by atoms with E-state index in [1.807, 2.05) is 12.1 Å². The van der Waals surface area contributed by atoms with Crippen molar-refractivity contribution in [2.24, 2.45) is 0 Å². The second-order valence-corrected chi connectivity index (χ2v) is 7.15. The molecule has 0 saturated heterocycles. The van der Waals surface area contributed by atoms with Gasteiger partial charge >= 0.3 is 6.18 Å². The molecule has 0 atom stereocenters. The van der Waals surface area contributed by atoms with Gasteiger partial charge in [0.1, 0.15) is 12.1 Å². The molecule has 1 aromatic heterocycles. The fourth-order valence-corrected chi connectivity index (χ4v) is 3.76. The third-order valence-electron chi connectivity index (χ3n) is 4.92. The highest BCUT2D eigenvalue weighted by molar-refractivity contribution is 6.31. The summed E-state index contributed by atoms with van der Waals surface area (Å²) >= 11 is 6.33. The summed E-state index contributed by atoms with van der Waals surface area (Å²) in [6.07, 6.45) is 1.20. The highest BCUT2D eigenvalue weighted by Gasteiger charge is 2.30. The zero-order chi connectivity index (χ0) is 19.7. The number of anilines is 2. The molecule has 3 aromatic rings. The molecule has 28 heavy (non-hydrogen) atoms. The van der Waals surface area contributed by atoms with Crippen LogP contribution in [-0.2, 0) is 19.0 Å². The van der Waals surface area contributed by atoms with Crippen LogP contribution in [0.1, 0.15) is 29.5 Å². The fraction of sp³-hybridized carbons (Fsp3) is 0.238. The summed E-state index contributed by atoms with van der Waals surface area (Å²) in [6.45, 7) is 0. The fourth-order valence-electron chi connectivity index (χ4n) is 3.49. The largest absolute Gasteiger partial charge is 0.416 e. The third kappa shape index (κ3) is 3.83. The summed E-state index contributed by atoms with van der Waals surface area (Å²) in [7, 11) is 0. The van der Waals surface area contributed by atoms with E-state index >= 15 is 0 Å². The van der Waals surface area contributed by atoms with Crippen molar-refractivity contribution in [3.8, 4) is 11.3 Å². The lowest BCUT2D eigenvalue weighted by molar-refractivity contribution is -0.137. The van der Waals surface area contributed by atoms with Crippen molar-refractivity contribution in [3.05, 3.63) is 70.5 Å². The van der Waals surface area contributed by atoms with Crippen molar-refractivity contribution in [3.63, 3.8) is 0 Å². The Balaban J connectivity index is 1.62. The minimum atomic E-state index is -4.36. The van der Waals surface area contributed by atoms with Crippen molar-refractivity contribution < 1.29 is 13.2 Å². The van der Waals surface area contributed by atoms with E-state index in [4.69, 9.17) is 11.6 Å². The smallest absolute Gasteiger partial charge is 0.340 e. The summed E-state index contributed by atoms with van der Waals surface area (Å²) < 4.78 is 38.2. The number of fused-ring (bicyclic) bond motifs is 1. The van der Waals surface area contributed by atoms with E-state index in [1.165, 1.54) is 29.6 Å². The monoisotopic (exact) mass is 403 g/mol. The third-order valence-corrected chi connectivity index (χ3v) is 5.27. The van der Waals surface area contributed by atoms with Gasteiger partial charge in [-0.3, -0.25) is 0 Å². The molecule has 144 valence electrons. The topological polar surface area (TPSA) is 37.8 Å². The van der Waals surface area contributed by atoms with Crippen molar-refractivity contribution in [2.45, 2.75) is 31.9 Å². The second kappa shape index (κ2) is 7.43. The molecule has 0 spiro atoms. The van der Waals surface area contributed by atoms with Crippen molar-refractivity contribution in [2.75, 3.05) is 5.32 Å². The number of rotatable bonds is 3. The van der Waals surface area contributed by atoms with Gasteiger partial charge in [0.05, 0.1) is 11.3 Å². The molecule has 0 unspecified atom stereocenters. The number of benzene rings is 2. The zero-order valence-corrected chi connectivity index (χ0v) is 15.6. The van der Waals surface area contributed by atoms with Gasteiger partial charge in [0.15, 0.2) is 0 Å². The first-order valence-electron chi connectivity index (χ1n) is 8.99. The van der Waals surface area contributed by atoms with E-state index in [1.54, 1.807) is 6.07 Å². The molecule has 0 aliphatic heterocycles. The van der Waals surface area contributed by atoms with Gasteiger partial charge in [0, 0.05) is 22.3 Å². The first-order valence-corrected chi connectivity index (χ1v) is 9.36. The van der Waals surface area contributed by atoms with Gasteiger partial charge < -0.3 is 5.32 Å². The summed E-state index contributed by atoms with van der Waals surface area (Å²) in [5.41, 5.74) is 3.79. The first kappa shape index (κ1) is 18.7.